The summed E-state index contributed by atoms with van der Waals surface area (Å²) >= 11 is 0. The van der Waals surface area contributed by atoms with E-state index in [0.717, 1.165) is 5.56 Å². The van der Waals surface area contributed by atoms with Gasteiger partial charge in [0.1, 0.15) is 5.82 Å². The molecule has 70 valence electrons. The fourth-order valence-corrected chi connectivity index (χ4v) is 0.712. The second-order valence-electron chi connectivity index (χ2n) is 2.48. The first kappa shape index (κ1) is 12.7. The third-order valence-electron chi connectivity index (χ3n) is 1.35. The minimum Gasteiger partial charge on any atom is -1.00 e. The molecule has 0 aliphatic heterocycles. The molecular formula is C8H9LiN2O3. The topological polar surface area (TPSA) is 79.3 Å². The molecule has 1 rings (SSSR count). The van der Waals surface area contributed by atoms with Gasteiger partial charge in [-0.25, -0.2) is 9.78 Å². The van der Waals surface area contributed by atoms with Gasteiger partial charge in [0.2, 0.25) is 0 Å². The van der Waals surface area contributed by atoms with E-state index in [1.54, 1.807) is 6.07 Å². The molecular weight excluding hydrogens is 179 g/mol. The van der Waals surface area contributed by atoms with E-state index in [-0.39, 0.29) is 26.1 Å². The van der Waals surface area contributed by atoms with E-state index in [1.807, 2.05) is 6.92 Å². The van der Waals surface area contributed by atoms with Crippen molar-refractivity contribution in [2.75, 3.05) is 5.32 Å². The van der Waals surface area contributed by atoms with Crippen LogP contribution < -0.4 is 24.2 Å². The van der Waals surface area contributed by atoms with Gasteiger partial charge in [-0.1, -0.05) is 6.07 Å². The van der Waals surface area contributed by atoms with Crippen LogP contribution >= 0.6 is 0 Å². The molecule has 5 nitrogen and oxygen atoms in total. The van der Waals surface area contributed by atoms with Gasteiger partial charge in [0.25, 0.3) is 0 Å². The predicted octanol–water partition coefficient (Wildman–Crippen LogP) is -2.47. The van der Waals surface area contributed by atoms with Crippen LogP contribution in [0, 0.1) is 6.92 Å². The van der Waals surface area contributed by atoms with Gasteiger partial charge >= 0.3 is 30.7 Å². The van der Waals surface area contributed by atoms with Crippen molar-refractivity contribution in [2.24, 2.45) is 0 Å². The number of nitrogens with one attached hydrogen (secondary N) is 1. The Morgan fingerprint density at radius 2 is 2.14 bits per heavy atom. The number of carboxylic acid groups (broad SMARTS) is 1. The summed E-state index contributed by atoms with van der Waals surface area (Å²) in [6, 6.07) is 3.26. The Balaban J connectivity index is 0. The molecule has 1 aromatic heterocycles. The van der Waals surface area contributed by atoms with Gasteiger partial charge in [-0.2, -0.15) is 0 Å². The van der Waals surface area contributed by atoms with Gasteiger partial charge in [-0.15, -0.1) is 0 Å². The maximum absolute atomic E-state index is 10.6. The van der Waals surface area contributed by atoms with Crippen molar-refractivity contribution < 1.29 is 35.0 Å². The third-order valence-corrected chi connectivity index (χ3v) is 1.35. The molecule has 1 heterocycles. The Kier molecular flexibility index (Phi) is 4.92. The van der Waals surface area contributed by atoms with Crippen molar-refractivity contribution in [1.29, 1.82) is 0 Å². The smallest absolute Gasteiger partial charge is 1.00 e. The summed E-state index contributed by atoms with van der Waals surface area (Å²) in [5, 5.41) is 10.4. The fourth-order valence-electron chi connectivity index (χ4n) is 0.712. The van der Waals surface area contributed by atoms with Crippen molar-refractivity contribution in [3.8, 4) is 0 Å². The van der Waals surface area contributed by atoms with E-state index < -0.39 is 11.9 Å². The summed E-state index contributed by atoms with van der Waals surface area (Å²) in [5.74, 6) is -2.38. The summed E-state index contributed by atoms with van der Waals surface area (Å²) in [5.41, 5.74) is 0.938. The summed E-state index contributed by atoms with van der Waals surface area (Å²) in [7, 11) is 0. The summed E-state index contributed by atoms with van der Waals surface area (Å²) in [4.78, 5) is 24.6. The van der Waals surface area contributed by atoms with Crippen LogP contribution in [-0.2, 0) is 9.59 Å². The van der Waals surface area contributed by atoms with Crippen molar-refractivity contribution in [3.05, 3.63) is 23.9 Å². The van der Waals surface area contributed by atoms with Crippen molar-refractivity contribution in [1.82, 2.24) is 4.98 Å². The number of aryl methyl sites for hydroxylation is 1. The van der Waals surface area contributed by atoms with Crippen LogP contribution in [0.25, 0.3) is 0 Å². The Morgan fingerprint density at radius 1 is 1.50 bits per heavy atom. The Labute approximate surface area is 94.2 Å². The number of anilines is 1. The molecule has 0 atom stereocenters. The van der Waals surface area contributed by atoms with Gasteiger partial charge < -0.3 is 11.8 Å². The monoisotopic (exact) mass is 188 g/mol. The summed E-state index contributed by atoms with van der Waals surface area (Å²) < 4.78 is 0. The predicted molar refractivity (Wildman–Crippen MR) is 46.4 cm³/mol. The first-order valence-corrected chi connectivity index (χ1v) is 3.56. The summed E-state index contributed by atoms with van der Waals surface area (Å²) in [6.07, 6.45) is 1.54. The molecule has 0 spiro atoms. The molecule has 6 heteroatoms. The minimum atomic E-state index is -1.53. The fraction of sp³-hybridized carbons (Fsp3) is 0.125. The van der Waals surface area contributed by atoms with Crippen molar-refractivity contribution >= 4 is 17.7 Å². The molecule has 2 N–H and O–H groups in total. The van der Waals surface area contributed by atoms with Crippen LogP contribution in [0.2, 0.25) is 0 Å². The van der Waals surface area contributed by atoms with Gasteiger partial charge in [0.15, 0.2) is 0 Å². The standard InChI is InChI=1S/C8H8N2O3.Li.H/c1-5-2-3-6(9-4-5)10-7(11)8(12)13;;/h2-4H,1H3,(H,12,13)(H,9,10,11);;/q;+1;-1. The average molecular weight is 188 g/mol. The van der Waals surface area contributed by atoms with Gasteiger partial charge in [0, 0.05) is 6.20 Å². The number of carbonyl (C=O) groups is 2. The SMILES string of the molecule is Cc1ccc(NC(=O)C(=O)O)nc1.[H-].[Li+]. The normalized spacial score (nSPS) is 8.64. The minimum absolute atomic E-state index is 0. The molecule has 0 fully saturated rings. The van der Waals surface area contributed by atoms with Gasteiger partial charge in [-0.3, -0.25) is 4.79 Å². The molecule has 1 amide bonds. The number of hydrogen-bond donors (Lipinski definition) is 2. The molecule has 0 aliphatic carbocycles. The quantitative estimate of drug-likeness (QED) is 0.378. The zero-order valence-corrected chi connectivity index (χ0v) is 7.94. The van der Waals surface area contributed by atoms with E-state index in [1.165, 1.54) is 12.3 Å². The number of hydrogen-bond acceptors (Lipinski definition) is 3. The van der Waals surface area contributed by atoms with Crippen molar-refractivity contribution in [3.63, 3.8) is 0 Å². The number of amides is 1. The number of pyridine rings is 1. The molecule has 0 aliphatic rings. The first-order valence-electron chi connectivity index (χ1n) is 3.56. The Morgan fingerprint density at radius 3 is 2.57 bits per heavy atom. The Hall–Kier alpha value is -1.31. The first-order chi connectivity index (χ1) is 6.09. The molecule has 0 saturated heterocycles. The van der Waals surface area contributed by atoms with Crippen LogP contribution in [0.5, 0.6) is 0 Å². The van der Waals surface area contributed by atoms with Gasteiger partial charge in [0.05, 0.1) is 0 Å². The Bertz CT molecular complexity index is 342. The number of aromatic nitrogens is 1. The molecule has 0 radical (unpaired) electrons. The van der Waals surface area contributed by atoms with Gasteiger partial charge in [-0.05, 0) is 18.6 Å². The van der Waals surface area contributed by atoms with E-state index in [4.69, 9.17) is 5.11 Å². The molecule has 0 aromatic carbocycles. The van der Waals surface area contributed by atoms with Crippen LogP contribution in [0.1, 0.15) is 6.99 Å². The second-order valence-corrected chi connectivity index (χ2v) is 2.48. The maximum Gasteiger partial charge on any atom is 1.00 e. The maximum atomic E-state index is 10.6. The van der Waals surface area contributed by atoms with Crippen LogP contribution in [0.15, 0.2) is 18.3 Å². The molecule has 0 saturated carbocycles. The van der Waals surface area contributed by atoms with E-state index in [0.29, 0.717) is 0 Å². The number of aliphatic carboxylic acids is 1. The number of nitrogens with zero attached hydrogens (tertiary/aromatic N) is 1. The number of rotatable bonds is 1. The second kappa shape index (κ2) is 5.42. The third kappa shape index (κ3) is 3.60. The van der Waals surface area contributed by atoms with E-state index >= 15 is 0 Å². The number of carboxylic acids is 1. The average Bonchev–Trinajstić information content (AvgIpc) is 2.08. The molecule has 1 aromatic rings. The molecule has 0 unspecified atom stereocenters. The zero-order valence-electron chi connectivity index (χ0n) is 8.94. The summed E-state index contributed by atoms with van der Waals surface area (Å²) in [6.45, 7) is 1.84. The molecule has 0 bridgehead atoms. The van der Waals surface area contributed by atoms with Crippen molar-refractivity contribution in [2.45, 2.75) is 6.92 Å². The van der Waals surface area contributed by atoms with Crippen LogP contribution in [0.3, 0.4) is 0 Å². The molecule has 14 heavy (non-hydrogen) atoms. The van der Waals surface area contributed by atoms with Crippen LogP contribution in [-0.4, -0.2) is 22.0 Å². The van der Waals surface area contributed by atoms with Crippen LogP contribution in [0.4, 0.5) is 5.82 Å². The number of carbonyl (C=O) groups excluding carboxylic acids is 1. The van der Waals surface area contributed by atoms with E-state index in [9.17, 15) is 9.59 Å². The largest absolute Gasteiger partial charge is 1.00 e. The van der Waals surface area contributed by atoms with E-state index in [2.05, 4.69) is 10.3 Å². The zero-order chi connectivity index (χ0) is 9.84.